The van der Waals surface area contributed by atoms with Gasteiger partial charge >= 0.3 is 0 Å². The molecule has 13 heavy (non-hydrogen) atoms. The Hall–Kier alpha value is -1.58. The molecule has 0 saturated heterocycles. The summed E-state index contributed by atoms with van der Waals surface area (Å²) in [6, 6.07) is 0. The van der Waals surface area contributed by atoms with Crippen LogP contribution in [0.5, 0.6) is 0 Å². The number of rotatable bonds is 3. The highest BCUT2D eigenvalue weighted by Crippen LogP contribution is 2.02. The Bertz CT molecular complexity index is 314. The number of nitrogens with one attached hydrogen (secondary N) is 1. The van der Waals surface area contributed by atoms with E-state index in [9.17, 15) is 4.79 Å². The SMILES string of the molecule is CC/C=C/C(=O)Nc1cnn(C)c1. The maximum atomic E-state index is 11.1. The highest BCUT2D eigenvalue weighted by atomic mass is 16.1. The van der Waals surface area contributed by atoms with E-state index < -0.39 is 0 Å². The van der Waals surface area contributed by atoms with Crippen molar-refractivity contribution in [1.82, 2.24) is 9.78 Å². The minimum atomic E-state index is -0.116. The summed E-state index contributed by atoms with van der Waals surface area (Å²) in [7, 11) is 1.80. The van der Waals surface area contributed by atoms with Gasteiger partial charge in [-0.3, -0.25) is 9.48 Å². The van der Waals surface area contributed by atoms with E-state index in [0.717, 1.165) is 6.42 Å². The quantitative estimate of drug-likeness (QED) is 0.711. The van der Waals surface area contributed by atoms with Gasteiger partial charge < -0.3 is 5.32 Å². The first-order chi connectivity index (χ1) is 6.22. The van der Waals surface area contributed by atoms with Crippen LogP contribution in [-0.2, 0) is 11.8 Å². The van der Waals surface area contributed by atoms with E-state index in [1.54, 1.807) is 24.1 Å². The van der Waals surface area contributed by atoms with Crippen LogP contribution in [0.4, 0.5) is 5.69 Å². The molecule has 0 aliphatic rings. The second-order valence-corrected chi connectivity index (χ2v) is 2.70. The molecule has 0 bridgehead atoms. The zero-order chi connectivity index (χ0) is 9.68. The molecule has 0 radical (unpaired) electrons. The van der Waals surface area contributed by atoms with Gasteiger partial charge in [0.1, 0.15) is 0 Å². The fraction of sp³-hybridized carbons (Fsp3) is 0.333. The van der Waals surface area contributed by atoms with Gasteiger partial charge in [0.25, 0.3) is 0 Å². The third kappa shape index (κ3) is 3.11. The Morgan fingerprint density at radius 2 is 2.54 bits per heavy atom. The summed E-state index contributed by atoms with van der Waals surface area (Å²) in [6.45, 7) is 1.98. The summed E-state index contributed by atoms with van der Waals surface area (Å²) >= 11 is 0. The molecular weight excluding hydrogens is 166 g/mol. The average molecular weight is 179 g/mol. The number of nitrogens with zero attached hydrogens (tertiary/aromatic N) is 2. The lowest BCUT2D eigenvalue weighted by Gasteiger charge is -1.95. The predicted octanol–water partition coefficient (Wildman–Crippen LogP) is 1.32. The molecule has 0 aromatic carbocycles. The largest absolute Gasteiger partial charge is 0.320 e. The molecule has 0 spiro atoms. The molecule has 1 heterocycles. The Kier molecular flexibility index (Phi) is 3.25. The number of amides is 1. The molecule has 4 nitrogen and oxygen atoms in total. The van der Waals surface area contributed by atoms with Crippen molar-refractivity contribution in [2.75, 3.05) is 5.32 Å². The molecule has 0 atom stereocenters. The second-order valence-electron chi connectivity index (χ2n) is 2.70. The van der Waals surface area contributed by atoms with Crippen LogP contribution >= 0.6 is 0 Å². The topological polar surface area (TPSA) is 46.9 Å². The summed E-state index contributed by atoms with van der Waals surface area (Å²) in [4.78, 5) is 11.1. The normalized spacial score (nSPS) is 10.6. The molecule has 1 aromatic heterocycles. The number of hydrogen-bond donors (Lipinski definition) is 1. The third-order valence-electron chi connectivity index (χ3n) is 1.48. The zero-order valence-corrected chi connectivity index (χ0v) is 7.82. The molecule has 0 fully saturated rings. The average Bonchev–Trinajstić information content (AvgIpc) is 2.48. The van der Waals surface area contributed by atoms with E-state index in [4.69, 9.17) is 0 Å². The van der Waals surface area contributed by atoms with Crippen LogP contribution < -0.4 is 5.32 Å². The minimum Gasteiger partial charge on any atom is -0.320 e. The summed E-state index contributed by atoms with van der Waals surface area (Å²) < 4.78 is 1.64. The highest BCUT2D eigenvalue weighted by molar-refractivity contribution is 5.99. The van der Waals surface area contributed by atoms with Crippen molar-refractivity contribution in [3.8, 4) is 0 Å². The first kappa shape index (κ1) is 9.51. The molecule has 0 aliphatic carbocycles. The van der Waals surface area contributed by atoms with Gasteiger partial charge in [0, 0.05) is 13.2 Å². The molecule has 1 N–H and O–H groups in total. The maximum absolute atomic E-state index is 11.1. The van der Waals surface area contributed by atoms with Gasteiger partial charge in [-0.05, 0) is 12.5 Å². The van der Waals surface area contributed by atoms with Crippen molar-refractivity contribution < 1.29 is 4.79 Å². The summed E-state index contributed by atoms with van der Waals surface area (Å²) in [5, 5.41) is 6.62. The van der Waals surface area contributed by atoms with Gasteiger partial charge in [0.15, 0.2) is 0 Å². The summed E-state index contributed by atoms with van der Waals surface area (Å²) in [5.41, 5.74) is 0.716. The van der Waals surface area contributed by atoms with Crippen molar-refractivity contribution in [3.05, 3.63) is 24.5 Å². The van der Waals surface area contributed by atoms with Crippen molar-refractivity contribution in [2.24, 2.45) is 7.05 Å². The fourth-order valence-corrected chi connectivity index (χ4v) is 0.895. The zero-order valence-electron chi connectivity index (χ0n) is 7.82. The van der Waals surface area contributed by atoms with E-state index in [1.807, 2.05) is 13.0 Å². The lowest BCUT2D eigenvalue weighted by atomic mass is 10.4. The van der Waals surface area contributed by atoms with E-state index in [-0.39, 0.29) is 5.91 Å². The van der Waals surface area contributed by atoms with Crippen LogP contribution in [0.2, 0.25) is 0 Å². The van der Waals surface area contributed by atoms with Crippen LogP contribution in [0.25, 0.3) is 0 Å². The molecule has 1 rings (SSSR count). The number of carbonyl (C=O) groups is 1. The van der Waals surface area contributed by atoms with Gasteiger partial charge in [-0.1, -0.05) is 13.0 Å². The number of allylic oxidation sites excluding steroid dienone is 1. The standard InChI is InChI=1S/C9H13N3O/c1-3-4-5-9(13)11-8-6-10-12(2)7-8/h4-7H,3H2,1-2H3,(H,11,13)/b5-4+. The monoisotopic (exact) mass is 179 g/mol. The minimum absolute atomic E-state index is 0.116. The highest BCUT2D eigenvalue weighted by Gasteiger charge is 1.98. The van der Waals surface area contributed by atoms with Crippen molar-refractivity contribution in [2.45, 2.75) is 13.3 Å². The maximum Gasteiger partial charge on any atom is 0.248 e. The van der Waals surface area contributed by atoms with Gasteiger partial charge in [-0.25, -0.2) is 0 Å². The number of anilines is 1. The van der Waals surface area contributed by atoms with Crippen molar-refractivity contribution >= 4 is 11.6 Å². The first-order valence-electron chi connectivity index (χ1n) is 4.18. The number of aromatic nitrogens is 2. The second kappa shape index (κ2) is 4.45. The lowest BCUT2D eigenvalue weighted by Crippen LogP contribution is -2.06. The molecule has 0 saturated carbocycles. The third-order valence-corrected chi connectivity index (χ3v) is 1.48. The number of aryl methyl sites for hydroxylation is 1. The molecule has 1 amide bonds. The van der Waals surface area contributed by atoms with E-state index in [1.165, 1.54) is 6.08 Å². The molecule has 1 aromatic rings. The first-order valence-corrected chi connectivity index (χ1v) is 4.18. The van der Waals surface area contributed by atoms with Crippen LogP contribution in [-0.4, -0.2) is 15.7 Å². The molecule has 4 heteroatoms. The van der Waals surface area contributed by atoms with Gasteiger partial charge in [-0.2, -0.15) is 5.10 Å². The lowest BCUT2D eigenvalue weighted by molar-refractivity contribution is -0.111. The van der Waals surface area contributed by atoms with E-state index >= 15 is 0 Å². The molecule has 0 unspecified atom stereocenters. The van der Waals surface area contributed by atoms with Crippen molar-refractivity contribution in [1.29, 1.82) is 0 Å². The Balaban J connectivity index is 2.50. The van der Waals surface area contributed by atoms with Crippen LogP contribution in [0, 0.1) is 0 Å². The smallest absolute Gasteiger partial charge is 0.248 e. The molecule has 70 valence electrons. The Morgan fingerprint density at radius 1 is 1.77 bits per heavy atom. The fourth-order valence-electron chi connectivity index (χ4n) is 0.895. The Labute approximate surface area is 77.3 Å². The van der Waals surface area contributed by atoms with Gasteiger partial charge in [-0.15, -0.1) is 0 Å². The van der Waals surface area contributed by atoms with Crippen LogP contribution in [0.1, 0.15) is 13.3 Å². The molecular formula is C9H13N3O. The van der Waals surface area contributed by atoms with Crippen molar-refractivity contribution in [3.63, 3.8) is 0 Å². The van der Waals surface area contributed by atoms with E-state index in [0.29, 0.717) is 5.69 Å². The number of hydrogen-bond acceptors (Lipinski definition) is 2. The van der Waals surface area contributed by atoms with Crippen LogP contribution in [0.15, 0.2) is 24.5 Å². The molecule has 0 aliphatic heterocycles. The van der Waals surface area contributed by atoms with Gasteiger partial charge in [0.05, 0.1) is 11.9 Å². The van der Waals surface area contributed by atoms with Crippen LogP contribution in [0.3, 0.4) is 0 Å². The summed E-state index contributed by atoms with van der Waals surface area (Å²) in [6.07, 6.45) is 7.55. The predicted molar refractivity (Wildman–Crippen MR) is 51.3 cm³/mol. The van der Waals surface area contributed by atoms with E-state index in [2.05, 4.69) is 10.4 Å². The number of carbonyl (C=O) groups excluding carboxylic acids is 1. The summed E-state index contributed by atoms with van der Waals surface area (Å²) in [5.74, 6) is -0.116. The van der Waals surface area contributed by atoms with Gasteiger partial charge in [0.2, 0.25) is 5.91 Å². The Morgan fingerprint density at radius 3 is 3.08 bits per heavy atom.